The zero-order valence-electron chi connectivity index (χ0n) is 11.6. The molecule has 1 aliphatic carbocycles. The van der Waals surface area contributed by atoms with Crippen LogP contribution >= 0.6 is 11.8 Å². The Bertz CT molecular complexity index is 430. The highest BCUT2D eigenvalue weighted by atomic mass is 32.2. The minimum Gasteiger partial charge on any atom is -0.465 e. The molecule has 0 aliphatic heterocycles. The third-order valence-corrected chi connectivity index (χ3v) is 4.02. The molecule has 0 N–H and O–H groups in total. The van der Waals surface area contributed by atoms with Gasteiger partial charge in [-0.1, -0.05) is 25.1 Å². The first-order chi connectivity index (χ1) is 9.26. The Balaban J connectivity index is 1.83. The van der Waals surface area contributed by atoms with E-state index in [1.165, 1.54) is 24.6 Å². The number of nitrogens with zero attached hydrogens (tertiary/aromatic N) is 3. The topological polar surface area (TPSA) is 57.0 Å². The lowest BCUT2D eigenvalue weighted by molar-refractivity contribution is -0.140. The van der Waals surface area contributed by atoms with E-state index in [2.05, 4.69) is 28.6 Å². The minimum absolute atomic E-state index is 0.169. The Morgan fingerprint density at radius 1 is 1.42 bits per heavy atom. The first-order valence-electron chi connectivity index (χ1n) is 6.97. The summed E-state index contributed by atoms with van der Waals surface area (Å²) in [5.74, 6) is 1.80. The molecule has 2 rings (SSSR count). The fraction of sp³-hybridized carbons (Fsp3) is 0.769. The molecular weight excluding hydrogens is 262 g/mol. The fourth-order valence-corrected chi connectivity index (χ4v) is 2.65. The average Bonchev–Trinajstić information content (AvgIpc) is 3.17. The van der Waals surface area contributed by atoms with Gasteiger partial charge in [0, 0.05) is 12.5 Å². The number of ether oxygens (including phenoxy) is 1. The zero-order chi connectivity index (χ0) is 13.7. The molecule has 106 valence electrons. The van der Waals surface area contributed by atoms with E-state index < -0.39 is 0 Å². The Labute approximate surface area is 118 Å². The van der Waals surface area contributed by atoms with Gasteiger partial charge in [-0.2, -0.15) is 0 Å². The van der Waals surface area contributed by atoms with Crippen molar-refractivity contribution in [1.29, 1.82) is 0 Å². The number of esters is 1. The van der Waals surface area contributed by atoms with Crippen LogP contribution in [0.15, 0.2) is 5.16 Å². The van der Waals surface area contributed by atoms with Crippen LogP contribution in [0.1, 0.15) is 51.3 Å². The molecule has 0 radical (unpaired) electrons. The number of hydrogen-bond donors (Lipinski definition) is 0. The van der Waals surface area contributed by atoms with Crippen LogP contribution in [0.25, 0.3) is 0 Å². The summed E-state index contributed by atoms with van der Waals surface area (Å²) in [6.07, 6.45) is 4.38. The summed E-state index contributed by atoms with van der Waals surface area (Å²) >= 11 is 1.42. The third-order valence-electron chi connectivity index (χ3n) is 3.08. The van der Waals surface area contributed by atoms with E-state index in [4.69, 9.17) is 4.74 Å². The van der Waals surface area contributed by atoms with Gasteiger partial charge in [-0.05, 0) is 26.2 Å². The molecular formula is C13H21N3O2S. The maximum absolute atomic E-state index is 11.5. The monoisotopic (exact) mass is 283 g/mol. The number of thioether (sulfide) groups is 1. The second kappa shape index (κ2) is 6.93. The summed E-state index contributed by atoms with van der Waals surface area (Å²) in [6, 6.07) is 0. The van der Waals surface area contributed by atoms with Crippen molar-refractivity contribution in [3.63, 3.8) is 0 Å². The van der Waals surface area contributed by atoms with Gasteiger partial charge in [0.1, 0.15) is 5.82 Å². The lowest BCUT2D eigenvalue weighted by atomic mass is 10.4. The Morgan fingerprint density at radius 3 is 2.84 bits per heavy atom. The maximum Gasteiger partial charge on any atom is 0.316 e. The van der Waals surface area contributed by atoms with Crippen molar-refractivity contribution in [2.45, 2.75) is 57.1 Å². The summed E-state index contributed by atoms with van der Waals surface area (Å²) in [4.78, 5) is 11.5. The summed E-state index contributed by atoms with van der Waals surface area (Å²) < 4.78 is 7.24. The van der Waals surface area contributed by atoms with E-state index in [0.29, 0.717) is 18.3 Å². The van der Waals surface area contributed by atoms with Gasteiger partial charge in [0.2, 0.25) is 0 Å². The molecule has 0 atom stereocenters. The second-order valence-electron chi connectivity index (χ2n) is 4.72. The fourth-order valence-electron chi connectivity index (χ4n) is 1.84. The summed E-state index contributed by atoms with van der Waals surface area (Å²) in [6.45, 7) is 5.53. The van der Waals surface area contributed by atoms with E-state index in [1.54, 1.807) is 0 Å². The molecule has 1 aliphatic rings. The highest BCUT2D eigenvalue weighted by Crippen LogP contribution is 2.39. The van der Waals surface area contributed by atoms with Gasteiger partial charge in [0.05, 0.1) is 12.4 Å². The quantitative estimate of drug-likeness (QED) is 0.417. The molecule has 1 fully saturated rings. The molecule has 0 aromatic carbocycles. The molecule has 1 heterocycles. The van der Waals surface area contributed by atoms with Crippen LogP contribution in [0.2, 0.25) is 0 Å². The van der Waals surface area contributed by atoms with Crippen molar-refractivity contribution in [1.82, 2.24) is 14.8 Å². The van der Waals surface area contributed by atoms with Crippen LogP contribution in [-0.4, -0.2) is 33.1 Å². The van der Waals surface area contributed by atoms with Crippen molar-refractivity contribution < 1.29 is 9.53 Å². The predicted octanol–water partition coefficient (Wildman–Crippen LogP) is 2.61. The highest BCUT2D eigenvalue weighted by molar-refractivity contribution is 7.99. The van der Waals surface area contributed by atoms with Gasteiger partial charge in [0.25, 0.3) is 0 Å². The van der Waals surface area contributed by atoms with E-state index in [1.807, 2.05) is 0 Å². The van der Waals surface area contributed by atoms with Gasteiger partial charge in [-0.25, -0.2) is 0 Å². The Morgan fingerprint density at radius 2 is 2.21 bits per heavy atom. The molecule has 0 amide bonds. The predicted molar refractivity (Wildman–Crippen MR) is 74.3 cm³/mol. The van der Waals surface area contributed by atoms with Gasteiger partial charge in [0.15, 0.2) is 5.16 Å². The molecule has 0 bridgehead atoms. The SMILES string of the molecule is CCCCOC(=O)CSc1nnc(C2CC2)n1CC. The van der Waals surface area contributed by atoms with Crippen LogP contribution < -0.4 is 0 Å². The van der Waals surface area contributed by atoms with Crippen molar-refractivity contribution in [3.05, 3.63) is 5.82 Å². The van der Waals surface area contributed by atoms with Crippen LogP contribution in [-0.2, 0) is 16.1 Å². The summed E-state index contributed by atoms with van der Waals surface area (Å²) in [5.41, 5.74) is 0. The van der Waals surface area contributed by atoms with Crippen molar-refractivity contribution >= 4 is 17.7 Å². The molecule has 1 aromatic heterocycles. The molecule has 6 heteroatoms. The number of hydrogen-bond acceptors (Lipinski definition) is 5. The molecule has 5 nitrogen and oxygen atoms in total. The Kier molecular flexibility index (Phi) is 5.24. The molecule has 19 heavy (non-hydrogen) atoms. The van der Waals surface area contributed by atoms with E-state index in [-0.39, 0.29) is 5.97 Å². The zero-order valence-corrected chi connectivity index (χ0v) is 12.4. The normalized spacial score (nSPS) is 14.6. The standard InChI is InChI=1S/C13H21N3O2S/c1-3-5-8-18-11(17)9-19-13-15-14-12(10-6-7-10)16(13)4-2/h10H,3-9H2,1-2H3. The summed E-state index contributed by atoms with van der Waals surface area (Å²) in [5, 5.41) is 9.26. The maximum atomic E-state index is 11.5. The molecule has 0 saturated heterocycles. The largest absolute Gasteiger partial charge is 0.465 e. The summed E-state index contributed by atoms with van der Waals surface area (Å²) in [7, 11) is 0. The van der Waals surface area contributed by atoms with E-state index in [9.17, 15) is 4.79 Å². The number of carbonyl (C=O) groups excluding carboxylic acids is 1. The van der Waals surface area contributed by atoms with Gasteiger partial charge in [-0.3, -0.25) is 4.79 Å². The van der Waals surface area contributed by atoms with Gasteiger partial charge in [-0.15, -0.1) is 10.2 Å². The average molecular weight is 283 g/mol. The molecule has 0 spiro atoms. The first-order valence-corrected chi connectivity index (χ1v) is 7.96. The van der Waals surface area contributed by atoms with Crippen LogP contribution in [0.3, 0.4) is 0 Å². The smallest absolute Gasteiger partial charge is 0.316 e. The Hall–Kier alpha value is -1.04. The number of aromatic nitrogens is 3. The van der Waals surface area contributed by atoms with Gasteiger partial charge < -0.3 is 9.30 Å². The van der Waals surface area contributed by atoms with Crippen molar-refractivity contribution in [2.75, 3.05) is 12.4 Å². The first kappa shape index (κ1) is 14.4. The van der Waals surface area contributed by atoms with Crippen molar-refractivity contribution in [2.24, 2.45) is 0 Å². The number of rotatable bonds is 8. The highest BCUT2D eigenvalue weighted by Gasteiger charge is 2.30. The van der Waals surface area contributed by atoms with Gasteiger partial charge >= 0.3 is 5.97 Å². The van der Waals surface area contributed by atoms with E-state index >= 15 is 0 Å². The minimum atomic E-state index is -0.169. The lowest BCUT2D eigenvalue weighted by Gasteiger charge is -2.06. The molecule has 1 saturated carbocycles. The number of carbonyl (C=O) groups is 1. The van der Waals surface area contributed by atoms with Crippen molar-refractivity contribution in [3.8, 4) is 0 Å². The van der Waals surface area contributed by atoms with Crippen LogP contribution in [0.4, 0.5) is 0 Å². The third kappa shape index (κ3) is 3.96. The van der Waals surface area contributed by atoms with Crippen LogP contribution in [0, 0.1) is 0 Å². The molecule has 1 aromatic rings. The second-order valence-corrected chi connectivity index (χ2v) is 5.66. The van der Waals surface area contributed by atoms with Crippen LogP contribution in [0.5, 0.6) is 0 Å². The lowest BCUT2D eigenvalue weighted by Crippen LogP contribution is -2.09. The van der Waals surface area contributed by atoms with E-state index in [0.717, 1.165) is 30.4 Å². The molecule has 0 unspecified atom stereocenters. The number of unbranched alkanes of at least 4 members (excludes halogenated alkanes) is 1.